The van der Waals surface area contributed by atoms with E-state index in [9.17, 15) is 23.2 Å². The molecule has 0 bridgehead atoms. The second-order valence-corrected chi connectivity index (χ2v) is 9.65. The third-order valence-corrected chi connectivity index (χ3v) is 6.48. The van der Waals surface area contributed by atoms with Gasteiger partial charge in [-0.05, 0) is 69.4 Å². The summed E-state index contributed by atoms with van der Waals surface area (Å²) in [4.78, 5) is 52.0. The van der Waals surface area contributed by atoms with E-state index >= 15 is 0 Å². The monoisotopic (exact) mass is 520 g/mol. The first-order valence-corrected chi connectivity index (χ1v) is 12.1. The molecule has 196 valence electrons. The molecule has 1 atom stereocenters. The Morgan fingerprint density at radius 1 is 1.05 bits per heavy atom. The summed E-state index contributed by atoms with van der Waals surface area (Å²) in [6.45, 7) is 2.61. The Morgan fingerprint density at radius 3 is 2.53 bits per heavy atom. The molecule has 0 aliphatic carbocycles. The molecule has 5 rings (SSSR count). The summed E-state index contributed by atoms with van der Waals surface area (Å²) in [5.41, 5.74) is 1.91. The molecule has 2 aromatic carbocycles. The van der Waals surface area contributed by atoms with Crippen LogP contribution in [0.15, 0.2) is 47.4 Å². The zero-order chi connectivity index (χ0) is 27.1. The zero-order valence-electron chi connectivity index (χ0n) is 21.1. The van der Waals surface area contributed by atoms with Crippen LogP contribution in [0, 0.1) is 11.6 Å². The van der Waals surface area contributed by atoms with Crippen molar-refractivity contribution in [1.82, 2.24) is 24.8 Å². The minimum Gasteiger partial charge on any atom is -0.381 e. The second kappa shape index (κ2) is 9.82. The minimum absolute atomic E-state index is 0.178. The molecule has 0 spiro atoms. The molecule has 0 unspecified atom stereocenters. The Labute approximate surface area is 216 Å². The van der Waals surface area contributed by atoms with Crippen LogP contribution in [0.1, 0.15) is 33.2 Å². The van der Waals surface area contributed by atoms with E-state index in [2.05, 4.69) is 20.3 Å². The number of H-pyrrole nitrogens is 2. The van der Waals surface area contributed by atoms with Gasteiger partial charge < -0.3 is 20.2 Å². The lowest BCUT2D eigenvalue weighted by atomic mass is 10.1. The summed E-state index contributed by atoms with van der Waals surface area (Å²) < 4.78 is 27.7. The summed E-state index contributed by atoms with van der Waals surface area (Å²) >= 11 is 0. The Balaban J connectivity index is 1.45. The van der Waals surface area contributed by atoms with Crippen LogP contribution in [-0.4, -0.2) is 69.8 Å². The normalized spacial score (nSPS) is 14.0. The Bertz CT molecular complexity index is 1570. The maximum atomic E-state index is 14.1. The van der Waals surface area contributed by atoms with E-state index in [1.807, 2.05) is 19.0 Å². The third kappa shape index (κ3) is 4.68. The molecule has 3 heterocycles. The molecule has 0 saturated heterocycles. The fourth-order valence-electron chi connectivity index (χ4n) is 4.60. The van der Waals surface area contributed by atoms with Gasteiger partial charge in [0.1, 0.15) is 23.0 Å². The number of imidazole rings is 1. The number of pyridine rings is 1. The highest BCUT2D eigenvalue weighted by atomic mass is 19.1. The van der Waals surface area contributed by atoms with Crippen molar-refractivity contribution in [2.75, 3.05) is 32.5 Å². The van der Waals surface area contributed by atoms with Crippen LogP contribution in [0.5, 0.6) is 0 Å². The number of fused-ring (bicyclic) bond motifs is 2. The van der Waals surface area contributed by atoms with Crippen LogP contribution in [0.25, 0.3) is 22.4 Å². The minimum atomic E-state index is -0.530. The molecule has 1 aliphatic rings. The average molecular weight is 521 g/mol. The number of rotatable bonds is 8. The lowest BCUT2D eigenvalue weighted by Crippen LogP contribution is -2.35. The molecule has 1 aliphatic heterocycles. The van der Waals surface area contributed by atoms with E-state index < -0.39 is 17.2 Å². The van der Waals surface area contributed by atoms with Gasteiger partial charge in [-0.25, -0.2) is 13.8 Å². The van der Waals surface area contributed by atoms with Crippen molar-refractivity contribution in [3.05, 3.63) is 81.3 Å². The first kappa shape index (κ1) is 25.3. The van der Waals surface area contributed by atoms with Crippen molar-refractivity contribution in [1.29, 1.82) is 0 Å². The van der Waals surface area contributed by atoms with Crippen molar-refractivity contribution in [2.45, 2.75) is 19.4 Å². The number of halogens is 2. The van der Waals surface area contributed by atoms with E-state index in [1.54, 1.807) is 25.1 Å². The number of aromatic nitrogens is 3. The van der Waals surface area contributed by atoms with Gasteiger partial charge in [0.15, 0.2) is 0 Å². The number of aromatic amines is 2. The summed E-state index contributed by atoms with van der Waals surface area (Å²) in [6, 6.07) is 7.72. The van der Waals surface area contributed by atoms with Crippen molar-refractivity contribution < 1.29 is 18.4 Å². The molecule has 38 heavy (non-hydrogen) atoms. The van der Waals surface area contributed by atoms with Gasteiger partial charge >= 0.3 is 0 Å². The first-order chi connectivity index (χ1) is 18.1. The Kier molecular flexibility index (Phi) is 6.53. The highest BCUT2D eigenvalue weighted by Crippen LogP contribution is 2.30. The molecule has 4 aromatic rings. The van der Waals surface area contributed by atoms with Gasteiger partial charge in [0.05, 0.1) is 27.8 Å². The van der Waals surface area contributed by atoms with Gasteiger partial charge in [0.2, 0.25) is 0 Å². The number of likely N-dealkylation sites (N-methyl/N-ethyl adjacent to an activating group) is 1. The third-order valence-electron chi connectivity index (χ3n) is 6.48. The Morgan fingerprint density at radius 2 is 1.79 bits per heavy atom. The van der Waals surface area contributed by atoms with E-state index in [0.29, 0.717) is 23.3 Å². The number of hydrogen-bond acceptors (Lipinski definition) is 6. The second-order valence-electron chi connectivity index (χ2n) is 9.65. The van der Waals surface area contributed by atoms with Crippen LogP contribution in [0.4, 0.5) is 14.5 Å². The highest BCUT2D eigenvalue weighted by Gasteiger charge is 2.36. The molecular formula is C27H26F2N6O3. The van der Waals surface area contributed by atoms with Crippen LogP contribution in [0.2, 0.25) is 0 Å². The molecule has 9 nitrogen and oxygen atoms in total. The summed E-state index contributed by atoms with van der Waals surface area (Å²) in [5.74, 6) is -1.56. The number of anilines is 1. The number of benzene rings is 2. The van der Waals surface area contributed by atoms with Gasteiger partial charge in [0.25, 0.3) is 17.4 Å². The number of imide groups is 1. The predicted molar refractivity (Wildman–Crippen MR) is 139 cm³/mol. The SMILES string of the molecule is C[C@@H](Cc1cc(F)ccc1F)Nc1cc[nH]c(=O)c1-c1nc2cc3c(cc2[nH]1)C(=O)N(CCN(C)C)C3=O. The molecule has 0 fully saturated rings. The summed E-state index contributed by atoms with van der Waals surface area (Å²) in [7, 11) is 3.73. The summed E-state index contributed by atoms with van der Waals surface area (Å²) in [5, 5.41) is 3.19. The molecule has 11 heteroatoms. The van der Waals surface area contributed by atoms with Crippen LogP contribution in [-0.2, 0) is 6.42 Å². The number of carbonyl (C=O) groups is 2. The van der Waals surface area contributed by atoms with Crippen molar-refractivity contribution in [2.24, 2.45) is 0 Å². The average Bonchev–Trinajstić information content (AvgIpc) is 3.36. The lowest BCUT2D eigenvalue weighted by molar-refractivity contribution is 0.0645. The van der Waals surface area contributed by atoms with Crippen LogP contribution >= 0.6 is 0 Å². The molecule has 0 radical (unpaired) electrons. The number of amides is 2. The van der Waals surface area contributed by atoms with Crippen molar-refractivity contribution in [3.63, 3.8) is 0 Å². The van der Waals surface area contributed by atoms with Crippen molar-refractivity contribution >= 4 is 28.5 Å². The molecule has 2 aromatic heterocycles. The first-order valence-electron chi connectivity index (χ1n) is 12.1. The van der Waals surface area contributed by atoms with Gasteiger partial charge in [0, 0.05) is 25.3 Å². The molecule has 2 amide bonds. The maximum Gasteiger partial charge on any atom is 0.261 e. The molecular weight excluding hydrogens is 494 g/mol. The molecule has 3 N–H and O–H groups in total. The van der Waals surface area contributed by atoms with Gasteiger partial charge in [-0.1, -0.05) is 0 Å². The standard InChI is InChI=1S/C27H26F2N6O3/c1-14(10-15-11-16(28)4-5-19(15)29)31-20-6-7-30-25(36)23(20)24-32-21-12-17-18(13-22(21)33-24)27(38)35(26(17)37)9-8-34(2)3/h4-7,11-14H,8-10H2,1-3H3,(H,32,33)(H2,30,31,36)/t14-/m0/s1. The largest absolute Gasteiger partial charge is 0.381 e. The Hall–Kier alpha value is -4.38. The van der Waals surface area contributed by atoms with Gasteiger partial charge in [-0.3, -0.25) is 19.3 Å². The number of nitrogens with one attached hydrogen (secondary N) is 3. The van der Waals surface area contributed by atoms with E-state index in [-0.39, 0.29) is 58.9 Å². The highest BCUT2D eigenvalue weighted by molar-refractivity contribution is 6.22. The maximum absolute atomic E-state index is 14.1. The fraction of sp³-hybridized carbons (Fsp3) is 0.259. The predicted octanol–water partition coefficient (Wildman–Crippen LogP) is 3.40. The van der Waals surface area contributed by atoms with Gasteiger partial charge in [-0.15, -0.1) is 0 Å². The van der Waals surface area contributed by atoms with E-state index in [1.165, 1.54) is 11.1 Å². The number of nitrogens with zero attached hydrogens (tertiary/aromatic N) is 3. The van der Waals surface area contributed by atoms with E-state index in [4.69, 9.17) is 0 Å². The number of hydrogen-bond donors (Lipinski definition) is 3. The lowest BCUT2D eigenvalue weighted by Gasteiger charge is -2.17. The molecule has 0 saturated carbocycles. The zero-order valence-corrected chi connectivity index (χ0v) is 21.1. The smallest absolute Gasteiger partial charge is 0.261 e. The van der Waals surface area contributed by atoms with Crippen LogP contribution < -0.4 is 10.9 Å². The van der Waals surface area contributed by atoms with Crippen LogP contribution in [0.3, 0.4) is 0 Å². The summed E-state index contributed by atoms with van der Waals surface area (Å²) in [6.07, 6.45) is 1.65. The van der Waals surface area contributed by atoms with Gasteiger partial charge in [-0.2, -0.15) is 0 Å². The fourth-order valence-corrected chi connectivity index (χ4v) is 4.60. The van der Waals surface area contributed by atoms with E-state index in [0.717, 1.165) is 18.2 Å². The number of carbonyl (C=O) groups excluding carboxylic acids is 2. The quantitative estimate of drug-likeness (QED) is 0.307. The van der Waals surface area contributed by atoms with Crippen molar-refractivity contribution in [3.8, 4) is 11.4 Å². The topological polar surface area (TPSA) is 114 Å².